The molecule has 144 valence electrons. The predicted octanol–water partition coefficient (Wildman–Crippen LogP) is 0.267. The predicted molar refractivity (Wildman–Crippen MR) is 98.0 cm³/mol. The van der Waals surface area contributed by atoms with Crippen molar-refractivity contribution >= 4 is 5.96 Å². The summed E-state index contributed by atoms with van der Waals surface area (Å²) in [7, 11) is 3.67. The van der Waals surface area contributed by atoms with Gasteiger partial charge < -0.3 is 24.4 Å². The van der Waals surface area contributed by atoms with E-state index in [0.717, 1.165) is 78.1 Å². The molecule has 3 aliphatic heterocycles. The molecule has 7 nitrogen and oxygen atoms in total. The number of hydrogen-bond acceptors (Lipinski definition) is 5. The highest BCUT2D eigenvalue weighted by Crippen LogP contribution is 2.22. The highest BCUT2D eigenvalue weighted by atomic mass is 16.5. The first-order valence-electron chi connectivity index (χ1n) is 9.66. The van der Waals surface area contributed by atoms with Crippen molar-refractivity contribution in [3.63, 3.8) is 0 Å². The van der Waals surface area contributed by atoms with Crippen LogP contribution in [0.2, 0.25) is 0 Å². The Morgan fingerprint density at radius 2 is 2.04 bits per heavy atom. The van der Waals surface area contributed by atoms with Crippen LogP contribution in [0.15, 0.2) is 4.99 Å². The molecular formula is C18H34N4O3. The van der Waals surface area contributed by atoms with E-state index in [9.17, 15) is 0 Å². The van der Waals surface area contributed by atoms with E-state index in [1.54, 1.807) is 7.11 Å². The summed E-state index contributed by atoms with van der Waals surface area (Å²) in [5.41, 5.74) is 0. The van der Waals surface area contributed by atoms with Gasteiger partial charge in [0.05, 0.1) is 26.4 Å². The van der Waals surface area contributed by atoms with Crippen LogP contribution in [0.3, 0.4) is 0 Å². The molecule has 3 unspecified atom stereocenters. The number of nitrogens with zero attached hydrogens (tertiary/aromatic N) is 3. The molecular weight excluding hydrogens is 320 g/mol. The summed E-state index contributed by atoms with van der Waals surface area (Å²) in [4.78, 5) is 9.46. The Balaban J connectivity index is 1.55. The van der Waals surface area contributed by atoms with Gasteiger partial charge in [-0.05, 0) is 12.8 Å². The summed E-state index contributed by atoms with van der Waals surface area (Å²) >= 11 is 0. The number of likely N-dealkylation sites (tertiary alicyclic amines) is 1. The number of aliphatic imine (C=N–C) groups is 1. The number of guanidine groups is 1. The van der Waals surface area contributed by atoms with E-state index in [1.165, 1.54) is 6.42 Å². The molecule has 0 aliphatic carbocycles. The smallest absolute Gasteiger partial charge is 0.193 e. The molecule has 3 saturated heterocycles. The summed E-state index contributed by atoms with van der Waals surface area (Å²) in [5.74, 6) is 2.24. The molecule has 25 heavy (non-hydrogen) atoms. The second kappa shape index (κ2) is 9.71. The number of rotatable bonds is 6. The Bertz CT molecular complexity index is 423. The van der Waals surface area contributed by atoms with Crippen molar-refractivity contribution in [2.45, 2.75) is 18.9 Å². The van der Waals surface area contributed by atoms with E-state index >= 15 is 0 Å². The molecule has 0 aromatic heterocycles. The molecule has 3 rings (SSSR count). The van der Waals surface area contributed by atoms with Gasteiger partial charge in [-0.15, -0.1) is 0 Å². The number of morpholine rings is 1. The Morgan fingerprint density at radius 3 is 2.72 bits per heavy atom. The quantitative estimate of drug-likeness (QED) is 0.546. The van der Waals surface area contributed by atoms with Gasteiger partial charge in [-0.2, -0.15) is 0 Å². The first kappa shape index (κ1) is 18.9. The maximum Gasteiger partial charge on any atom is 0.193 e. The number of methoxy groups -OCH3 is 1. The van der Waals surface area contributed by atoms with E-state index in [-0.39, 0.29) is 0 Å². The van der Waals surface area contributed by atoms with E-state index < -0.39 is 0 Å². The third-order valence-electron chi connectivity index (χ3n) is 5.69. The van der Waals surface area contributed by atoms with Crippen LogP contribution in [0.5, 0.6) is 0 Å². The van der Waals surface area contributed by atoms with Crippen molar-refractivity contribution < 1.29 is 14.2 Å². The minimum atomic E-state index is 0.487. The van der Waals surface area contributed by atoms with E-state index in [1.807, 2.05) is 7.05 Å². The molecule has 7 heteroatoms. The second-order valence-electron chi connectivity index (χ2n) is 7.32. The van der Waals surface area contributed by atoms with Crippen LogP contribution in [-0.2, 0) is 14.2 Å². The average molecular weight is 354 g/mol. The summed E-state index contributed by atoms with van der Waals surface area (Å²) < 4.78 is 16.5. The fraction of sp³-hybridized carbons (Fsp3) is 0.944. The zero-order valence-electron chi connectivity index (χ0n) is 15.8. The van der Waals surface area contributed by atoms with E-state index in [4.69, 9.17) is 14.2 Å². The van der Waals surface area contributed by atoms with Gasteiger partial charge in [0.25, 0.3) is 0 Å². The molecule has 0 aromatic rings. The highest BCUT2D eigenvalue weighted by molar-refractivity contribution is 5.80. The Hall–Kier alpha value is -0.890. The fourth-order valence-electron chi connectivity index (χ4n) is 4.28. The minimum absolute atomic E-state index is 0.487. The van der Waals surface area contributed by atoms with Gasteiger partial charge in [0.15, 0.2) is 5.96 Å². The summed E-state index contributed by atoms with van der Waals surface area (Å²) in [6, 6.07) is 0.487. The highest BCUT2D eigenvalue weighted by Gasteiger charge is 2.32. The van der Waals surface area contributed by atoms with Crippen molar-refractivity contribution in [2.75, 3.05) is 79.9 Å². The molecule has 0 radical (unpaired) electrons. The average Bonchev–Trinajstić information content (AvgIpc) is 3.32. The van der Waals surface area contributed by atoms with Crippen molar-refractivity contribution in [1.82, 2.24) is 15.1 Å². The monoisotopic (exact) mass is 354 g/mol. The lowest BCUT2D eigenvalue weighted by molar-refractivity contribution is 0.00235. The third kappa shape index (κ3) is 5.06. The molecule has 0 saturated carbocycles. The lowest BCUT2D eigenvalue weighted by atomic mass is 9.97. The largest absolute Gasteiger partial charge is 0.384 e. The van der Waals surface area contributed by atoms with Crippen LogP contribution >= 0.6 is 0 Å². The van der Waals surface area contributed by atoms with Crippen molar-refractivity contribution in [3.05, 3.63) is 0 Å². The van der Waals surface area contributed by atoms with Gasteiger partial charge in [0.2, 0.25) is 0 Å². The molecule has 0 amide bonds. The SMILES string of the molecule is CN=C(NCC(C1CCOC1)N1CCOCC1)N1CCC(COC)C1. The molecule has 1 N–H and O–H groups in total. The van der Waals surface area contributed by atoms with Gasteiger partial charge in [-0.3, -0.25) is 9.89 Å². The maximum absolute atomic E-state index is 5.66. The van der Waals surface area contributed by atoms with Crippen LogP contribution in [-0.4, -0.2) is 102 Å². The maximum atomic E-state index is 5.66. The lowest BCUT2D eigenvalue weighted by Gasteiger charge is -2.38. The van der Waals surface area contributed by atoms with Crippen molar-refractivity contribution in [3.8, 4) is 0 Å². The van der Waals surface area contributed by atoms with Gasteiger partial charge in [0, 0.05) is 71.4 Å². The number of hydrogen-bond donors (Lipinski definition) is 1. The molecule has 0 aromatic carbocycles. The molecule has 3 heterocycles. The summed E-state index contributed by atoms with van der Waals surface area (Å²) in [6.07, 6.45) is 2.33. The zero-order chi connectivity index (χ0) is 17.5. The third-order valence-corrected chi connectivity index (χ3v) is 5.69. The van der Waals surface area contributed by atoms with Gasteiger partial charge >= 0.3 is 0 Å². The molecule has 0 spiro atoms. The Kier molecular flexibility index (Phi) is 7.34. The molecule has 3 fully saturated rings. The molecule has 3 aliphatic rings. The van der Waals surface area contributed by atoms with Crippen LogP contribution in [0.1, 0.15) is 12.8 Å². The lowest BCUT2D eigenvalue weighted by Crippen LogP contribution is -2.54. The minimum Gasteiger partial charge on any atom is -0.384 e. The number of ether oxygens (including phenoxy) is 3. The molecule has 0 bridgehead atoms. The Labute approximate surface area is 151 Å². The van der Waals surface area contributed by atoms with E-state index in [0.29, 0.717) is 17.9 Å². The standard InChI is InChI=1S/C18H34N4O3/c1-19-18(22-5-3-15(12-22)13-23-2)20-11-17(16-4-8-25-14-16)21-6-9-24-10-7-21/h15-17H,3-14H2,1-2H3,(H,19,20). The van der Waals surface area contributed by atoms with Gasteiger partial charge in [0.1, 0.15) is 0 Å². The fourth-order valence-corrected chi connectivity index (χ4v) is 4.28. The van der Waals surface area contributed by atoms with Gasteiger partial charge in [-0.1, -0.05) is 0 Å². The first-order chi connectivity index (χ1) is 12.3. The van der Waals surface area contributed by atoms with Crippen LogP contribution in [0.25, 0.3) is 0 Å². The normalized spacial score (nSPS) is 30.0. The van der Waals surface area contributed by atoms with Crippen molar-refractivity contribution in [1.29, 1.82) is 0 Å². The van der Waals surface area contributed by atoms with Crippen LogP contribution in [0.4, 0.5) is 0 Å². The van der Waals surface area contributed by atoms with Crippen LogP contribution in [0, 0.1) is 11.8 Å². The topological polar surface area (TPSA) is 58.6 Å². The molecule has 3 atom stereocenters. The van der Waals surface area contributed by atoms with Crippen LogP contribution < -0.4 is 5.32 Å². The second-order valence-corrected chi connectivity index (χ2v) is 7.32. The number of nitrogens with one attached hydrogen (secondary N) is 1. The first-order valence-corrected chi connectivity index (χ1v) is 9.66. The Morgan fingerprint density at radius 1 is 1.20 bits per heavy atom. The summed E-state index contributed by atoms with van der Waals surface area (Å²) in [6.45, 7) is 9.32. The van der Waals surface area contributed by atoms with Crippen molar-refractivity contribution in [2.24, 2.45) is 16.8 Å². The van der Waals surface area contributed by atoms with E-state index in [2.05, 4.69) is 20.1 Å². The van der Waals surface area contributed by atoms with Gasteiger partial charge in [-0.25, -0.2) is 0 Å². The summed E-state index contributed by atoms with van der Waals surface area (Å²) in [5, 5.41) is 3.65. The zero-order valence-corrected chi connectivity index (χ0v) is 15.8.